The van der Waals surface area contributed by atoms with Gasteiger partial charge in [-0.25, -0.2) is 0 Å². The summed E-state index contributed by atoms with van der Waals surface area (Å²) in [5.41, 5.74) is 1.08. The van der Waals surface area contributed by atoms with Crippen molar-refractivity contribution in [3.63, 3.8) is 0 Å². The molecule has 136 valence electrons. The molecule has 2 rings (SSSR count). The van der Waals surface area contributed by atoms with E-state index in [1.807, 2.05) is 36.1 Å². The molecule has 1 saturated heterocycles. The number of nitrogens with zero attached hydrogens (tertiary/aromatic N) is 2. The Kier molecular flexibility index (Phi) is 6.48. The second-order valence-electron chi connectivity index (χ2n) is 6.34. The van der Waals surface area contributed by atoms with Crippen LogP contribution in [-0.2, 0) is 0 Å². The molecule has 0 amide bonds. The first kappa shape index (κ1) is 19.0. The highest BCUT2D eigenvalue weighted by molar-refractivity contribution is 5.27. The standard InChI is InChI=1S/C17H25F3N2O2/c1-13-4-3-5-16(10-13)24-12-15(23)11-21-6-8-22(9-7-21)14(2)17(18,19)20/h3-5,10,14-15,23H,6-9,11-12H2,1-2H3. The molecule has 1 fully saturated rings. The molecule has 1 N–H and O–H groups in total. The van der Waals surface area contributed by atoms with Gasteiger partial charge in [-0.15, -0.1) is 0 Å². The first-order valence-corrected chi connectivity index (χ1v) is 8.16. The average molecular weight is 346 g/mol. The molecule has 2 atom stereocenters. The van der Waals surface area contributed by atoms with Crippen LogP contribution in [0.3, 0.4) is 0 Å². The quantitative estimate of drug-likeness (QED) is 0.858. The lowest BCUT2D eigenvalue weighted by Crippen LogP contribution is -2.54. The highest BCUT2D eigenvalue weighted by atomic mass is 19.4. The summed E-state index contributed by atoms with van der Waals surface area (Å²) in [5, 5.41) is 10.1. The highest BCUT2D eigenvalue weighted by Gasteiger charge is 2.40. The summed E-state index contributed by atoms with van der Waals surface area (Å²) < 4.78 is 43.7. The topological polar surface area (TPSA) is 35.9 Å². The molecule has 0 aliphatic carbocycles. The molecule has 0 radical (unpaired) electrons. The molecule has 24 heavy (non-hydrogen) atoms. The van der Waals surface area contributed by atoms with Crippen LogP contribution in [0.2, 0.25) is 0 Å². The lowest BCUT2D eigenvalue weighted by molar-refractivity contribution is -0.182. The number of benzene rings is 1. The summed E-state index contributed by atoms with van der Waals surface area (Å²) in [4.78, 5) is 3.41. The number of hydrogen-bond acceptors (Lipinski definition) is 4. The molecule has 0 bridgehead atoms. The summed E-state index contributed by atoms with van der Waals surface area (Å²) in [6.45, 7) is 5.47. The fourth-order valence-corrected chi connectivity index (χ4v) is 2.79. The van der Waals surface area contributed by atoms with Gasteiger partial charge in [0, 0.05) is 32.7 Å². The highest BCUT2D eigenvalue weighted by Crippen LogP contribution is 2.25. The summed E-state index contributed by atoms with van der Waals surface area (Å²) in [6, 6.07) is 6.15. The normalized spacial score (nSPS) is 19.9. The Morgan fingerprint density at radius 3 is 2.46 bits per heavy atom. The third-order valence-electron chi connectivity index (χ3n) is 4.33. The predicted molar refractivity (Wildman–Crippen MR) is 86.2 cm³/mol. The monoisotopic (exact) mass is 346 g/mol. The van der Waals surface area contributed by atoms with E-state index >= 15 is 0 Å². The van der Waals surface area contributed by atoms with E-state index in [-0.39, 0.29) is 6.61 Å². The molecule has 2 unspecified atom stereocenters. The maximum absolute atomic E-state index is 12.7. The van der Waals surface area contributed by atoms with Gasteiger partial charge in [-0.2, -0.15) is 13.2 Å². The number of piperazine rings is 1. The number of β-amino-alcohol motifs (C(OH)–C–C–N with tert-alkyl or cyclic N) is 1. The molecular formula is C17H25F3N2O2. The Bertz CT molecular complexity index is 517. The van der Waals surface area contributed by atoms with Crippen LogP contribution < -0.4 is 4.74 Å². The minimum absolute atomic E-state index is 0.169. The van der Waals surface area contributed by atoms with Crippen molar-refractivity contribution >= 4 is 0 Å². The average Bonchev–Trinajstić information content (AvgIpc) is 2.52. The molecule has 0 spiro atoms. The minimum Gasteiger partial charge on any atom is -0.491 e. The molecule has 0 saturated carbocycles. The van der Waals surface area contributed by atoms with Crippen molar-refractivity contribution in [1.82, 2.24) is 9.80 Å². The molecule has 1 heterocycles. The molecule has 1 aromatic rings. The smallest absolute Gasteiger partial charge is 0.403 e. The number of hydrogen-bond donors (Lipinski definition) is 1. The van der Waals surface area contributed by atoms with Gasteiger partial charge in [0.25, 0.3) is 0 Å². The third-order valence-corrected chi connectivity index (χ3v) is 4.33. The van der Waals surface area contributed by atoms with Gasteiger partial charge in [0.2, 0.25) is 0 Å². The largest absolute Gasteiger partial charge is 0.491 e. The molecule has 7 heteroatoms. The first-order chi connectivity index (χ1) is 11.3. The predicted octanol–water partition coefficient (Wildman–Crippen LogP) is 2.30. The molecule has 1 aliphatic rings. The van der Waals surface area contributed by atoms with Gasteiger partial charge >= 0.3 is 6.18 Å². The number of alkyl halides is 3. The van der Waals surface area contributed by atoms with Crippen LogP contribution in [0.15, 0.2) is 24.3 Å². The van der Waals surface area contributed by atoms with Gasteiger partial charge in [0.05, 0.1) is 0 Å². The van der Waals surface area contributed by atoms with Gasteiger partial charge < -0.3 is 9.84 Å². The van der Waals surface area contributed by atoms with Gasteiger partial charge in [0.15, 0.2) is 0 Å². The molecule has 4 nitrogen and oxygen atoms in total. The zero-order valence-electron chi connectivity index (χ0n) is 14.1. The van der Waals surface area contributed by atoms with E-state index in [0.29, 0.717) is 38.5 Å². The Morgan fingerprint density at radius 2 is 1.88 bits per heavy atom. The first-order valence-electron chi connectivity index (χ1n) is 8.16. The summed E-state index contributed by atoms with van der Waals surface area (Å²) in [5.74, 6) is 0.706. The van der Waals surface area contributed by atoms with E-state index in [1.165, 1.54) is 11.8 Å². The minimum atomic E-state index is -4.19. The maximum Gasteiger partial charge on any atom is 0.403 e. The zero-order valence-corrected chi connectivity index (χ0v) is 14.1. The number of aryl methyl sites for hydroxylation is 1. The van der Waals surface area contributed by atoms with Gasteiger partial charge in [-0.1, -0.05) is 12.1 Å². The van der Waals surface area contributed by atoms with Crippen LogP contribution >= 0.6 is 0 Å². The fourth-order valence-electron chi connectivity index (χ4n) is 2.79. The number of ether oxygens (including phenoxy) is 1. The Morgan fingerprint density at radius 1 is 1.21 bits per heavy atom. The van der Waals surface area contributed by atoms with Crippen molar-refractivity contribution < 1.29 is 23.0 Å². The maximum atomic E-state index is 12.7. The van der Waals surface area contributed by atoms with E-state index < -0.39 is 18.3 Å². The van der Waals surface area contributed by atoms with Crippen molar-refractivity contribution in [2.75, 3.05) is 39.3 Å². The Balaban J connectivity index is 1.71. The number of aliphatic hydroxyl groups excluding tert-OH is 1. The second kappa shape index (κ2) is 8.18. The Labute approximate surface area is 140 Å². The van der Waals surface area contributed by atoms with Crippen LogP contribution in [0, 0.1) is 6.92 Å². The SMILES string of the molecule is Cc1cccc(OCC(O)CN2CCN(C(C)C(F)(F)F)CC2)c1. The van der Waals surface area contributed by atoms with E-state index in [1.54, 1.807) is 0 Å². The lowest BCUT2D eigenvalue weighted by Gasteiger charge is -2.39. The summed E-state index contributed by atoms with van der Waals surface area (Å²) in [6.07, 6.45) is -4.86. The number of rotatable bonds is 6. The van der Waals surface area contributed by atoms with Crippen LogP contribution in [0.25, 0.3) is 0 Å². The Hall–Kier alpha value is -1.31. The van der Waals surface area contributed by atoms with Crippen molar-refractivity contribution in [3.05, 3.63) is 29.8 Å². The molecule has 1 aliphatic heterocycles. The van der Waals surface area contributed by atoms with Crippen molar-refractivity contribution in [2.45, 2.75) is 32.2 Å². The van der Waals surface area contributed by atoms with Gasteiger partial charge in [-0.05, 0) is 31.5 Å². The number of halogens is 3. The third kappa shape index (κ3) is 5.65. The van der Waals surface area contributed by atoms with Crippen molar-refractivity contribution in [1.29, 1.82) is 0 Å². The van der Waals surface area contributed by atoms with E-state index in [9.17, 15) is 18.3 Å². The van der Waals surface area contributed by atoms with Crippen molar-refractivity contribution in [2.24, 2.45) is 0 Å². The van der Waals surface area contributed by atoms with Gasteiger partial charge in [-0.3, -0.25) is 9.80 Å². The van der Waals surface area contributed by atoms with E-state index in [4.69, 9.17) is 4.74 Å². The molecule has 0 aromatic heterocycles. The fraction of sp³-hybridized carbons (Fsp3) is 0.647. The van der Waals surface area contributed by atoms with Crippen LogP contribution in [-0.4, -0.2) is 72.6 Å². The van der Waals surface area contributed by atoms with Crippen LogP contribution in [0.5, 0.6) is 5.75 Å². The molecule has 1 aromatic carbocycles. The van der Waals surface area contributed by atoms with Crippen LogP contribution in [0.1, 0.15) is 12.5 Å². The van der Waals surface area contributed by atoms with E-state index in [0.717, 1.165) is 5.56 Å². The molecular weight excluding hydrogens is 321 g/mol. The van der Waals surface area contributed by atoms with Crippen molar-refractivity contribution in [3.8, 4) is 5.75 Å². The van der Waals surface area contributed by atoms with Gasteiger partial charge in [0.1, 0.15) is 24.5 Å². The lowest BCUT2D eigenvalue weighted by atomic mass is 10.2. The summed E-state index contributed by atoms with van der Waals surface area (Å²) >= 11 is 0. The van der Waals surface area contributed by atoms with E-state index in [2.05, 4.69) is 0 Å². The summed E-state index contributed by atoms with van der Waals surface area (Å²) in [7, 11) is 0. The number of aliphatic hydroxyl groups is 1. The second-order valence-corrected chi connectivity index (χ2v) is 6.34. The van der Waals surface area contributed by atoms with Crippen LogP contribution in [0.4, 0.5) is 13.2 Å². The zero-order chi connectivity index (χ0) is 17.7.